The number of nitrogens with zero attached hydrogens (tertiary/aromatic N) is 1. The predicted octanol–water partition coefficient (Wildman–Crippen LogP) is 2.19. The minimum Gasteiger partial charge on any atom is -0.467 e. The topological polar surface area (TPSA) is 155 Å². The Morgan fingerprint density at radius 3 is 2.42 bits per heavy atom. The monoisotopic (exact) mass is 543 g/mol. The van der Waals surface area contributed by atoms with Crippen molar-refractivity contribution in [2.24, 2.45) is 0 Å². The first-order chi connectivity index (χ1) is 16.8. The van der Waals surface area contributed by atoms with Crippen LogP contribution in [0.3, 0.4) is 0 Å². The van der Waals surface area contributed by atoms with Crippen LogP contribution >= 0.6 is 12.2 Å². The van der Waals surface area contributed by atoms with Crippen molar-refractivity contribution in [3.8, 4) is 0 Å². The van der Waals surface area contributed by atoms with E-state index in [2.05, 4.69) is 10.3 Å². The molecule has 0 aliphatic carbocycles. The van der Waals surface area contributed by atoms with Crippen LogP contribution in [-0.4, -0.2) is 36.0 Å². The second-order valence-electron chi connectivity index (χ2n) is 7.66. The Kier molecular flexibility index (Phi) is 6.14. The molecule has 1 atom stereocenters. The number of carbonyl (C=O) groups excluding carboxylic acids is 2. The lowest BCUT2D eigenvalue weighted by Crippen LogP contribution is -2.61. The third-order valence-electron chi connectivity index (χ3n) is 5.24. The number of aromatic nitrogens is 2. The highest BCUT2D eigenvalue weighted by molar-refractivity contribution is 7.89. The molecule has 1 unspecified atom stereocenters. The van der Waals surface area contributed by atoms with Crippen molar-refractivity contribution >= 4 is 45.6 Å². The normalized spacial score (nSPS) is 17.5. The van der Waals surface area contributed by atoms with E-state index in [9.17, 15) is 36.0 Å². The van der Waals surface area contributed by atoms with E-state index in [4.69, 9.17) is 16.6 Å². The Morgan fingerprint density at radius 2 is 1.86 bits per heavy atom. The number of hydrogen-bond donors (Lipinski definition) is 4. The van der Waals surface area contributed by atoms with Gasteiger partial charge in [-0.2, -0.15) is 17.9 Å². The summed E-state index contributed by atoms with van der Waals surface area (Å²) in [5.41, 5.74) is -6.42. The van der Waals surface area contributed by atoms with Crippen LogP contribution in [0.4, 0.5) is 24.7 Å². The summed E-state index contributed by atoms with van der Waals surface area (Å²) in [4.78, 5) is 38.2. The fourth-order valence-electron chi connectivity index (χ4n) is 3.68. The summed E-state index contributed by atoms with van der Waals surface area (Å²) in [6, 6.07) is 7.15. The maximum absolute atomic E-state index is 14.5. The number of aromatic amines is 1. The van der Waals surface area contributed by atoms with Crippen molar-refractivity contribution in [3.05, 3.63) is 69.1 Å². The molecule has 4 rings (SSSR count). The van der Waals surface area contributed by atoms with Crippen molar-refractivity contribution in [1.29, 1.82) is 0 Å². The molecule has 1 aromatic carbocycles. The summed E-state index contributed by atoms with van der Waals surface area (Å²) in [5.74, 6) is -2.70. The van der Waals surface area contributed by atoms with Gasteiger partial charge in [0.2, 0.25) is 21.5 Å². The number of halogens is 3. The Morgan fingerprint density at radius 1 is 1.19 bits per heavy atom. The first kappa shape index (κ1) is 25.3. The first-order valence-electron chi connectivity index (χ1n) is 9.96. The molecule has 0 radical (unpaired) electrons. The summed E-state index contributed by atoms with van der Waals surface area (Å²) in [6.07, 6.45) is -4.29. The summed E-state index contributed by atoms with van der Waals surface area (Å²) in [6.45, 7) is 0.940. The maximum atomic E-state index is 14.5. The lowest BCUT2D eigenvalue weighted by atomic mass is 9.94. The highest BCUT2D eigenvalue weighted by Crippen LogP contribution is 2.46. The van der Waals surface area contributed by atoms with Gasteiger partial charge in [0.05, 0.1) is 23.3 Å². The van der Waals surface area contributed by atoms with Gasteiger partial charge in [-0.3, -0.25) is 23.9 Å². The number of fused-ring (bicyclic) bond motifs is 1. The van der Waals surface area contributed by atoms with Crippen LogP contribution in [0, 0.1) is 4.77 Å². The van der Waals surface area contributed by atoms with Gasteiger partial charge in [-0.15, -0.1) is 0 Å². The van der Waals surface area contributed by atoms with Gasteiger partial charge in [-0.25, -0.2) is 8.42 Å². The summed E-state index contributed by atoms with van der Waals surface area (Å²) in [7, 11) is -5.05. The van der Waals surface area contributed by atoms with Gasteiger partial charge in [0.1, 0.15) is 11.6 Å². The lowest BCUT2D eigenvalue weighted by molar-refractivity contribution is -0.194. The molecule has 190 valence electrons. The fourth-order valence-corrected chi connectivity index (χ4v) is 5.25. The Labute approximate surface area is 205 Å². The van der Waals surface area contributed by atoms with Crippen LogP contribution in [0.15, 0.2) is 56.8 Å². The largest absolute Gasteiger partial charge is 0.467 e. The number of nitrogens with one attached hydrogen (secondary N) is 4. The molecule has 0 fully saturated rings. The Bertz CT molecular complexity index is 1580. The number of H-pyrrole nitrogens is 1. The molecule has 0 bridgehead atoms. The van der Waals surface area contributed by atoms with E-state index in [0.717, 1.165) is 28.8 Å². The quantitative estimate of drug-likeness (QED) is 0.348. The van der Waals surface area contributed by atoms with Crippen molar-refractivity contribution in [2.75, 3.05) is 10.6 Å². The highest BCUT2D eigenvalue weighted by Gasteiger charge is 2.69. The molecule has 4 N–H and O–H groups in total. The van der Waals surface area contributed by atoms with E-state index >= 15 is 0 Å². The number of hydrogen-bond acceptors (Lipinski definition) is 7. The van der Waals surface area contributed by atoms with E-state index in [1.165, 1.54) is 30.0 Å². The van der Waals surface area contributed by atoms with Crippen molar-refractivity contribution in [3.63, 3.8) is 0 Å². The molecule has 2 aromatic heterocycles. The zero-order chi connectivity index (χ0) is 26.5. The number of alkyl halides is 3. The second kappa shape index (κ2) is 8.72. The van der Waals surface area contributed by atoms with E-state index in [1.54, 1.807) is 0 Å². The first-order valence-corrected chi connectivity index (χ1v) is 11.8. The number of benzene rings is 1. The number of carbonyl (C=O) groups is 2. The maximum Gasteiger partial charge on any atom is 0.421 e. The van der Waals surface area contributed by atoms with Gasteiger partial charge >= 0.3 is 6.18 Å². The predicted molar refractivity (Wildman–Crippen MR) is 121 cm³/mol. The van der Waals surface area contributed by atoms with Gasteiger partial charge in [0, 0.05) is 12.6 Å². The van der Waals surface area contributed by atoms with Gasteiger partial charge in [0.25, 0.3) is 11.5 Å². The smallest absolute Gasteiger partial charge is 0.421 e. The number of rotatable bonds is 6. The molecule has 0 spiro atoms. The zero-order valence-corrected chi connectivity index (χ0v) is 19.7. The third kappa shape index (κ3) is 4.22. The molecule has 16 heteroatoms. The number of furan rings is 1. The molecule has 3 aromatic rings. The number of amides is 2. The molecule has 36 heavy (non-hydrogen) atoms. The number of anilines is 2. The van der Waals surface area contributed by atoms with Crippen LogP contribution in [0.1, 0.15) is 18.2 Å². The number of sulfonamides is 1. The molecule has 0 saturated carbocycles. The van der Waals surface area contributed by atoms with Gasteiger partial charge in [-0.05, 0) is 48.6 Å². The molecule has 2 amide bonds. The minimum atomic E-state index is -5.59. The van der Waals surface area contributed by atoms with Crippen molar-refractivity contribution in [2.45, 2.75) is 30.1 Å². The van der Waals surface area contributed by atoms with Crippen LogP contribution in [0.2, 0.25) is 0 Å². The standard InChI is InChI=1S/C20H16F3N5O6S2/c1-10(29)24-11-4-6-13(7-5-11)36(32,33)27-19(20(21,22)23)14-15(25-17(19)31)28(18(35)26-16(14)30)9-12-3-2-8-34-12/h2-8,27H,9H2,1H3,(H,24,29)(H,25,31)(H,26,30,35). The van der Waals surface area contributed by atoms with Crippen molar-refractivity contribution in [1.82, 2.24) is 14.3 Å². The zero-order valence-electron chi connectivity index (χ0n) is 18.1. The van der Waals surface area contributed by atoms with Crippen LogP contribution in [0.5, 0.6) is 0 Å². The average molecular weight is 544 g/mol. The molecular weight excluding hydrogens is 527 g/mol. The SMILES string of the molecule is CC(=O)Nc1ccc(S(=O)(=O)NC2(C(F)(F)F)C(=O)Nc3c2c(=O)[nH]c(=S)n3Cc2ccco2)cc1. The lowest BCUT2D eigenvalue weighted by Gasteiger charge is -2.29. The van der Waals surface area contributed by atoms with E-state index in [1.807, 2.05) is 5.32 Å². The van der Waals surface area contributed by atoms with Crippen LogP contribution in [0.25, 0.3) is 0 Å². The van der Waals surface area contributed by atoms with Gasteiger partial charge in [-0.1, -0.05) is 0 Å². The van der Waals surface area contributed by atoms with E-state index < -0.39 is 55.4 Å². The highest BCUT2D eigenvalue weighted by atomic mass is 32.2. The van der Waals surface area contributed by atoms with Crippen molar-refractivity contribution < 1.29 is 35.6 Å². The molecule has 0 saturated heterocycles. The molecule has 3 heterocycles. The molecular formula is C20H16F3N5O6S2. The molecule has 1 aliphatic heterocycles. The summed E-state index contributed by atoms with van der Waals surface area (Å²) >= 11 is 5.05. The van der Waals surface area contributed by atoms with E-state index in [-0.39, 0.29) is 22.8 Å². The second-order valence-corrected chi connectivity index (χ2v) is 9.73. The van der Waals surface area contributed by atoms with Crippen LogP contribution < -0.4 is 20.9 Å². The summed E-state index contributed by atoms with van der Waals surface area (Å²) < 4.78 is 76.9. The Balaban J connectivity index is 1.87. The average Bonchev–Trinajstić information content (AvgIpc) is 3.37. The Hall–Kier alpha value is -3.76. The van der Waals surface area contributed by atoms with Gasteiger partial charge < -0.3 is 15.1 Å². The molecule has 1 aliphatic rings. The summed E-state index contributed by atoms with van der Waals surface area (Å²) in [5, 5.41) is 4.34. The molecule has 11 nitrogen and oxygen atoms in total. The third-order valence-corrected chi connectivity index (χ3v) is 7.03. The van der Waals surface area contributed by atoms with Gasteiger partial charge in [0.15, 0.2) is 4.77 Å². The van der Waals surface area contributed by atoms with E-state index in [0.29, 0.717) is 0 Å². The van der Waals surface area contributed by atoms with Crippen LogP contribution in [-0.2, 0) is 31.7 Å². The minimum absolute atomic E-state index is 0.185. The fraction of sp³-hybridized carbons (Fsp3) is 0.200.